The van der Waals surface area contributed by atoms with Gasteiger partial charge in [0.25, 0.3) is 5.91 Å². The molecule has 2 amide bonds. The predicted octanol–water partition coefficient (Wildman–Crippen LogP) is 4.20. The third kappa shape index (κ3) is 7.98. The van der Waals surface area contributed by atoms with Crippen LogP contribution >= 0.6 is 0 Å². The lowest BCUT2D eigenvalue weighted by molar-refractivity contribution is -0.137. The summed E-state index contributed by atoms with van der Waals surface area (Å²) in [5.74, 6) is -1.04. The highest BCUT2D eigenvalue weighted by Gasteiger charge is 2.39. The number of benzene rings is 1. The average molecular weight is 617 g/mol. The Morgan fingerprint density at radius 3 is 2.39 bits per heavy atom. The average Bonchev–Trinajstić information content (AvgIpc) is 3.69. The van der Waals surface area contributed by atoms with Gasteiger partial charge in [-0.25, -0.2) is 4.98 Å². The second-order valence-electron chi connectivity index (χ2n) is 12.2. The van der Waals surface area contributed by atoms with Crippen molar-refractivity contribution in [1.82, 2.24) is 30.0 Å². The summed E-state index contributed by atoms with van der Waals surface area (Å²) in [6.07, 6.45) is 2.16. The number of likely N-dealkylation sites (tertiary alicyclic amines) is 2. The number of carbonyl (C=O) groups is 2. The van der Waals surface area contributed by atoms with Gasteiger partial charge in [0.05, 0.1) is 5.92 Å². The maximum Gasteiger partial charge on any atom is 0.421 e. The molecular weight excluding hydrogens is 573 g/mol. The lowest BCUT2D eigenvalue weighted by Gasteiger charge is -2.35. The number of amides is 2. The van der Waals surface area contributed by atoms with Gasteiger partial charge in [-0.2, -0.15) is 18.2 Å². The van der Waals surface area contributed by atoms with Crippen LogP contribution in [0, 0.1) is 5.92 Å². The maximum absolute atomic E-state index is 13.9. The second kappa shape index (κ2) is 14.1. The molecule has 2 atom stereocenters. The topological polar surface area (TPSA) is 106 Å². The van der Waals surface area contributed by atoms with Gasteiger partial charge in [0, 0.05) is 49.7 Å². The fraction of sp³-hybridized carbons (Fsp3) is 0.613. The number of halogens is 3. The zero-order valence-corrected chi connectivity index (χ0v) is 25.5. The summed E-state index contributed by atoms with van der Waals surface area (Å²) in [4.78, 5) is 40.5. The van der Waals surface area contributed by atoms with Crippen LogP contribution in [0.25, 0.3) is 0 Å². The molecule has 0 radical (unpaired) electrons. The Bertz CT molecular complexity index is 1280. The van der Waals surface area contributed by atoms with E-state index in [2.05, 4.69) is 42.8 Å². The summed E-state index contributed by atoms with van der Waals surface area (Å²) in [5, 5.41) is 8.87. The van der Waals surface area contributed by atoms with E-state index in [-0.39, 0.29) is 29.6 Å². The van der Waals surface area contributed by atoms with E-state index in [1.165, 1.54) is 12.8 Å². The molecule has 0 bridgehead atoms. The highest BCUT2D eigenvalue weighted by Crippen LogP contribution is 2.37. The number of aromatic nitrogens is 2. The van der Waals surface area contributed by atoms with Crippen molar-refractivity contribution in [3.05, 3.63) is 41.6 Å². The molecule has 1 aromatic carbocycles. The maximum atomic E-state index is 13.9. The van der Waals surface area contributed by atoms with Crippen molar-refractivity contribution in [3.63, 3.8) is 0 Å². The Morgan fingerprint density at radius 1 is 1.00 bits per heavy atom. The van der Waals surface area contributed by atoms with Crippen molar-refractivity contribution in [3.8, 4) is 0 Å². The van der Waals surface area contributed by atoms with E-state index in [9.17, 15) is 22.8 Å². The van der Waals surface area contributed by atoms with E-state index in [4.69, 9.17) is 0 Å². The number of carbonyl (C=O) groups excluding carboxylic acids is 2. The number of nitrogens with zero attached hydrogens (tertiary/aromatic N) is 5. The number of hydrogen-bond donors (Lipinski definition) is 3. The molecule has 240 valence electrons. The molecule has 3 fully saturated rings. The van der Waals surface area contributed by atoms with E-state index in [1.54, 1.807) is 29.2 Å². The summed E-state index contributed by atoms with van der Waals surface area (Å²) in [7, 11) is 3.90. The minimum atomic E-state index is -4.67. The van der Waals surface area contributed by atoms with Crippen molar-refractivity contribution in [2.45, 2.75) is 63.2 Å². The van der Waals surface area contributed by atoms with E-state index in [0.717, 1.165) is 58.2 Å². The van der Waals surface area contributed by atoms with Gasteiger partial charge in [-0.3, -0.25) is 9.59 Å². The summed E-state index contributed by atoms with van der Waals surface area (Å²) in [5.41, 5.74) is 0.0741. The SMILES string of the molecule is CN1CCC(N(C)C(=O)c2ccc(Nc3ncc(C(F)(F)F)c(N[C@@H]4CCC[C@@H]4C(=O)NCCN4CCCC4)n3)cc2)CC1. The van der Waals surface area contributed by atoms with Crippen LogP contribution in [0.15, 0.2) is 30.5 Å². The van der Waals surface area contributed by atoms with Gasteiger partial charge in [0.1, 0.15) is 11.4 Å². The Labute approximate surface area is 256 Å². The zero-order valence-electron chi connectivity index (χ0n) is 25.5. The highest BCUT2D eigenvalue weighted by atomic mass is 19.4. The lowest BCUT2D eigenvalue weighted by atomic mass is 10.0. The van der Waals surface area contributed by atoms with Crippen molar-refractivity contribution in [2.24, 2.45) is 5.92 Å². The molecule has 3 N–H and O–H groups in total. The van der Waals surface area contributed by atoms with E-state index < -0.39 is 23.7 Å². The van der Waals surface area contributed by atoms with Crippen LogP contribution in [-0.2, 0) is 11.0 Å². The third-order valence-electron chi connectivity index (χ3n) is 9.14. The smallest absolute Gasteiger partial charge is 0.366 e. The molecule has 1 saturated carbocycles. The normalized spacial score (nSPS) is 21.8. The van der Waals surface area contributed by atoms with Crippen LogP contribution in [-0.4, -0.2) is 102 Å². The van der Waals surface area contributed by atoms with Crippen LogP contribution in [0.3, 0.4) is 0 Å². The number of piperidine rings is 1. The fourth-order valence-corrected chi connectivity index (χ4v) is 6.43. The van der Waals surface area contributed by atoms with Crippen LogP contribution in [0.5, 0.6) is 0 Å². The van der Waals surface area contributed by atoms with Crippen LogP contribution in [0.4, 0.5) is 30.6 Å². The monoisotopic (exact) mass is 616 g/mol. The van der Waals surface area contributed by atoms with Crippen molar-refractivity contribution in [1.29, 1.82) is 0 Å². The third-order valence-corrected chi connectivity index (χ3v) is 9.14. The summed E-state index contributed by atoms with van der Waals surface area (Å²) < 4.78 is 41.8. The number of hydrogen-bond acceptors (Lipinski definition) is 8. The van der Waals surface area contributed by atoms with Gasteiger partial charge >= 0.3 is 6.18 Å². The van der Waals surface area contributed by atoms with E-state index >= 15 is 0 Å². The van der Waals surface area contributed by atoms with Gasteiger partial charge < -0.3 is 30.7 Å². The predicted molar refractivity (Wildman–Crippen MR) is 163 cm³/mol. The molecule has 1 aliphatic carbocycles. The first kappa shape index (κ1) is 32.0. The zero-order chi connectivity index (χ0) is 31.3. The summed E-state index contributed by atoms with van der Waals surface area (Å²) in [6.45, 7) is 5.26. The summed E-state index contributed by atoms with van der Waals surface area (Å²) in [6, 6.07) is 6.45. The molecular formula is C31H43F3N8O2. The minimum Gasteiger partial charge on any atom is -0.366 e. The Balaban J connectivity index is 1.23. The number of nitrogens with one attached hydrogen (secondary N) is 3. The highest BCUT2D eigenvalue weighted by molar-refractivity contribution is 5.94. The number of alkyl halides is 3. The largest absolute Gasteiger partial charge is 0.421 e. The standard InChI is InChI=1S/C31H43F3N8O2/c1-40-17-12-23(13-18-40)41(2)29(44)21-8-10-22(11-9-21)37-30-36-20-25(31(32,33)34)27(39-30)38-26-7-5-6-24(26)28(43)35-14-19-42-15-3-4-16-42/h8-11,20,23-24,26H,3-7,12-19H2,1-2H3,(H,35,43)(H2,36,37,38,39)/t24-,26+/m0/s1. The van der Waals surface area contributed by atoms with Gasteiger partial charge in [-0.1, -0.05) is 6.42 Å². The van der Waals surface area contributed by atoms with Crippen LogP contribution < -0.4 is 16.0 Å². The van der Waals surface area contributed by atoms with Gasteiger partial charge in [-0.15, -0.1) is 0 Å². The Kier molecular flexibility index (Phi) is 10.2. The fourth-order valence-electron chi connectivity index (χ4n) is 6.43. The molecule has 1 aromatic heterocycles. The Hall–Kier alpha value is -3.45. The van der Waals surface area contributed by atoms with Gasteiger partial charge in [0.2, 0.25) is 11.9 Å². The van der Waals surface area contributed by atoms with E-state index in [0.29, 0.717) is 30.6 Å². The van der Waals surface area contributed by atoms with Gasteiger partial charge in [0.15, 0.2) is 0 Å². The molecule has 2 saturated heterocycles. The molecule has 2 aromatic rings. The number of rotatable bonds is 10. The molecule has 0 spiro atoms. The molecule has 5 rings (SSSR count). The molecule has 3 heterocycles. The molecule has 2 aliphatic heterocycles. The number of anilines is 3. The van der Waals surface area contributed by atoms with Crippen molar-refractivity contribution < 1.29 is 22.8 Å². The van der Waals surface area contributed by atoms with Crippen molar-refractivity contribution in [2.75, 3.05) is 64.0 Å². The second-order valence-corrected chi connectivity index (χ2v) is 12.2. The van der Waals surface area contributed by atoms with Crippen LogP contribution in [0.1, 0.15) is 60.9 Å². The minimum absolute atomic E-state index is 0.0207. The van der Waals surface area contributed by atoms with E-state index in [1.807, 2.05) is 7.05 Å². The molecule has 0 unspecified atom stereocenters. The molecule has 10 nitrogen and oxygen atoms in total. The first-order valence-electron chi connectivity index (χ1n) is 15.6. The quantitative estimate of drug-likeness (QED) is 0.365. The first-order valence-corrected chi connectivity index (χ1v) is 15.6. The summed E-state index contributed by atoms with van der Waals surface area (Å²) >= 11 is 0. The first-order chi connectivity index (χ1) is 21.1. The van der Waals surface area contributed by atoms with Gasteiger partial charge in [-0.05, 0) is 96.0 Å². The van der Waals surface area contributed by atoms with Crippen molar-refractivity contribution >= 4 is 29.3 Å². The molecule has 13 heteroatoms. The lowest BCUT2D eigenvalue weighted by Crippen LogP contribution is -2.44. The molecule has 3 aliphatic rings. The Morgan fingerprint density at radius 2 is 1.70 bits per heavy atom. The molecule has 44 heavy (non-hydrogen) atoms. The van der Waals surface area contributed by atoms with Crippen LogP contribution in [0.2, 0.25) is 0 Å².